The van der Waals surface area contributed by atoms with Crippen molar-refractivity contribution in [2.45, 2.75) is 22.6 Å². The molecule has 0 radical (unpaired) electrons. The lowest BCUT2D eigenvalue weighted by Crippen LogP contribution is -2.49. The number of anilines is 1. The van der Waals surface area contributed by atoms with Crippen molar-refractivity contribution in [3.05, 3.63) is 42.2 Å². The summed E-state index contributed by atoms with van der Waals surface area (Å²) in [6, 6.07) is 6.62. The van der Waals surface area contributed by atoms with Crippen LogP contribution in [0.25, 0.3) is 0 Å². The smallest absolute Gasteiger partial charge is 0.270 e. The third kappa shape index (κ3) is 4.49. The van der Waals surface area contributed by atoms with Gasteiger partial charge in [-0.25, -0.2) is 16.8 Å². The van der Waals surface area contributed by atoms with E-state index in [2.05, 4.69) is 15.0 Å². The van der Waals surface area contributed by atoms with Crippen LogP contribution in [-0.2, 0) is 24.8 Å². The largest absolute Gasteiger partial charge is 0.356 e. The van der Waals surface area contributed by atoms with Crippen LogP contribution in [-0.4, -0.2) is 75.6 Å². The minimum atomic E-state index is -4.07. The molecule has 0 atom stereocenters. The average Bonchev–Trinajstić information content (AvgIpc) is 3.46. The van der Waals surface area contributed by atoms with Crippen molar-refractivity contribution in [2.75, 3.05) is 37.4 Å². The Kier molecular flexibility index (Phi) is 5.97. The van der Waals surface area contributed by atoms with E-state index in [1.165, 1.54) is 36.5 Å². The zero-order valence-electron chi connectivity index (χ0n) is 17.1. The Bertz CT molecular complexity index is 1250. The van der Waals surface area contributed by atoms with Gasteiger partial charge in [0.15, 0.2) is 0 Å². The molecule has 3 N–H and O–H groups in total. The molecule has 0 spiro atoms. The third-order valence-electron chi connectivity index (χ3n) is 5.32. The maximum absolute atomic E-state index is 12.8. The Hall–Kier alpha value is -2.90. The van der Waals surface area contributed by atoms with Gasteiger partial charge in [0.05, 0.1) is 17.1 Å². The van der Waals surface area contributed by atoms with Gasteiger partial charge in [-0.05, 0) is 37.1 Å². The van der Waals surface area contributed by atoms with Crippen molar-refractivity contribution in [1.29, 1.82) is 0 Å². The molecule has 2 aliphatic heterocycles. The van der Waals surface area contributed by atoms with E-state index in [0.717, 1.165) is 17.1 Å². The number of rotatable bonds is 6. The van der Waals surface area contributed by atoms with Gasteiger partial charge >= 0.3 is 0 Å². The molecule has 0 bridgehead atoms. The molecule has 0 unspecified atom stereocenters. The van der Waals surface area contributed by atoms with Gasteiger partial charge in [0.25, 0.3) is 15.9 Å². The summed E-state index contributed by atoms with van der Waals surface area (Å²) in [4.78, 5) is 28.1. The van der Waals surface area contributed by atoms with Gasteiger partial charge in [0, 0.05) is 32.4 Å². The summed E-state index contributed by atoms with van der Waals surface area (Å²) in [5, 5.41) is 2.56. The van der Waals surface area contributed by atoms with Gasteiger partial charge in [-0.2, -0.15) is 4.31 Å². The van der Waals surface area contributed by atoms with Gasteiger partial charge in [-0.3, -0.25) is 14.3 Å². The molecule has 32 heavy (non-hydrogen) atoms. The van der Waals surface area contributed by atoms with Crippen LogP contribution >= 0.6 is 0 Å². The Labute approximate surface area is 185 Å². The van der Waals surface area contributed by atoms with E-state index in [0.29, 0.717) is 13.1 Å². The molecule has 1 aromatic heterocycles. The zero-order chi connectivity index (χ0) is 22.9. The molecule has 4 rings (SSSR count). The van der Waals surface area contributed by atoms with Crippen LogP contribution in [0.2, 0.25) is 0 Å². The highest BCUT2D eigenvalue weighted by molar-refractivity contribution is 7.92. The van der Waals surface area contributed by atoms with Crippen LogP contribution < -0.4 is 10.0 Å². The number of amides is 2. The number of nitrogens with one attached hydrogen (secondary N) is 3. The molecular formula is C19H23N5O6S2. The minimum Gasteiger partial charge on any atom is -0.356 e. The highest BCUT2D eigenvalue weighted by atomic mass is 32.2. The van der Waals surface area contributed by atoms with E-state index in [4.69, 9.17) is 0 Å². The van der Waals surface area contributed by atoms with Gasteiger partial charge in [-0.15, -0.1) is 0 Å². The van der Waals surface area contributed by atoms with Gasteiger partial charge in [0.2, 0.25) is 15.9 Å². The fourth-order valence-electron chi connectivity index (χ4n) is 3.65. The summed E-state index contributed by atoms with van der Waals surface area (Å²) in [7, 11) is -8.04. The van der Waals surface area contributed by atoms with Crippen molar-refractivity contribution < 1.29 is 26.4 Å². The highest BCUT2D eigenvalue weighted by Crippen LogP contribution is 2.23. The summed E-state index contributed by atoms with van der Waals surface area (Å²) in [5.41, 5.74) is 0.216. The van der Waals surface area contributed by atoms with Crippen molar-refractivity contribution in [2.24, 2.45) is 0 Å². The molecule has 0 aliphatic carbocycles. The van der Waals surface area contributed by atoms with Crippen LogP contribution in [0.15, 0.2) is 46.3 Å². The van der Waals surface area contributed by atoms with Crippen molar-refractivity contribution in [1.82, 2.24) is 19.5 Å². The number of likely N-dealkylation sites (tertiary alicyclic amines) is 1. The fourth-order valence-corrected chi connectivity index (χ4v) is 6.13. The molecule has 11 nitrogen and oxygen atoms in total. The number of hydrogen-bond acceptors (Lipinski definition) is 6. The first-order valence-electron chi connectivity index (χ1n) is 10.0. The first kappa shape index (κ1) is 22.3. The number of H-pyrrole nitrogens is 1. The van der Waals surface area contributed by atoms with E-state index in [1.807, 2.05) is 0 Å². The maximum atomic E-state index is 12.8. The fraction of sp³-hybridized carbons (Fsp3) is 0.368. The van der Waals surface area contributed by atoms with E-state index < -0.39 is 26.0 Å². The van der Waals surface area contributed by atoms with Crippen LogP contribution in [0.5, 0.6) is 0 Å². The molecule has 1 aromatic carbocycles. The summed E-state index contributed by atoms with van der Waals surface area (Å²) < 4.78 is 54.7. The standard InChI is InChI=1S/C19H23N5O6S2/c25-18-13-24(9-6-20-18)32(29,30)15-5-3-4-14(10-15)22-31(27,28)16-11-17(21-12-16)19(26)23-7-1-2-8-23/h3-5,10-12,21-22H,1-2,6-9,13H2,(H,20,25). The second-order valence-corrected chi connectivity index (χ2v) is 11.2. The van der Waals surface area contributed by atoms with E-state index in [9.17, 15) is 26.4 Å². The van der Waals surface area contributed by atoms with Gasteiger partial charge < -0.3 is 15.2 Å². The molecule has 2 fully saturated rings. The number of piperazine rings is 1. The number of aromatic nitrogens is 1. The predicted molar refractivity (Wildman–Crippen MR) is 115 cm³/mol. The van der Waals surface area contributed by atoms with Gasteiger partial charge in [-0.1, -0.05) is 6.07 Å². The highest BCUT2D eigenvalue weighted by Gasteiger charge is 2.30. The van der Waals surface area contributed by atoms with Gasteiger partial charge in [0.1, 0.15) is 10.6 Å². The Morgan fingerprint density at radius 3 is 2.47 bits per heavy atom. The van der Waals surface area contributed by atoms with E-state index in [1.54, 1.807) is 4.90 Å². The molecule has 2 aromatic rings. The zero-order valence-corrected chi connectivity index (χ0v) is 18.7. The first-order valence-corrected chi connectivity index (χ1v) is 13.0. The molecule has 0 saturated carbocycles. The number of benzene rings is 1. The monoisotopic (exact) mass is 481 g/mol. The quantitative estimate of drug-likeness (QED) is 0.536. The number of sulfonamides is 2. The van der Waals surface area contributed by atoms with Crippen LogP contribution in [0.4, 0.5) is 5.69 Å². The SMILES string of the molecule is O=C1CN(S(=O)(=O)c2cccc(NS(=O)(=O)c3c[nH]c(C(=O)N4CCCC4)c3)c2)CCN1. The first-order chi connectivity index (χ1) is 15.2. The summed E-state index contributed by atoms with van der Waals surface area (Å²) in [5.74, 6) is -0.661. The Morgan fingerprint density at radius 2 is 1.75 bits per heavy atom. The second-order valence-electron chi connectivity index (χ2n) is 7.57. The number of hydrogen-bond donors (Lipinski definition) is 3. The Balaban J connectivity index is 1.53. The maximum Gasteiger partial charge on any atom is 0.270 e. The Morgan fingerprint density at radius 1 is 1.00 bits per heavy atom. The summed E-state index contributed by atoms with van der Waals surface area (Å²) in [6.45, 7) is 1.31. The summed E-state index contributed by atoms with van der Waals surface area (Å²) >= 11 is 0. The van der Waals surface area contributed by atoms with Crippen molar-refractivity contribution >= 4 is 37.5 Å². The van der Waals surface area contributed by atoms with E-state index >= 15 is 0 Å². The molecular weight excluding hydrogens is 458 g/mol. The second kappa shape index (κ2) is 8.56. The van der Waals surface area contributed by atoms with E-state index in [-0.39, 0.29) is 46.7 Å². The summed E-state index contributed by atoms with van der Waals surface area (Å²) in [6.07, 6.45) is 3.06. The predicted octanol–water partition coefficient (Wildman–Crippen LogP) is 0.172. The lowest BCUT2D eigenvalue weighted by molar-refractivity contribution is -0.122. The number of aromatic amines is 1. The van der Waals surface area contributed by atoms with Crippen LogP contribution in [0, 0.1) is 0 Å². The topological polar surface area (TPSA) is 149 Å². The number of nitrogens with zero attached hydrogens (tertiary/aromatic N) is 2. The average molecular weight is 482 g/mol. The molecule has 2 saturated heterocycles. The molecule has 2 amide bonds. The number of carbonyl (C=O) groups is 2. The van der Waals surface area contributed by atoms with Crippen molar-refractivity contribution in [3.63, 3.8) is 0 Å². The van der Waals surface area contributed by atoms with Crippen LogP contribution in [0.1, 0.15) is 23.3 Å². The molecule has 13 heteroatoms. The number of carbonyl (C=O) groups excluding carboxylic acids is 2. The van der Waals surface area contributed by atoms with Crippen LogP contribution in [0.3, 0.4) is 0 Å². The van der Waals surface area contributed by atoms with Crippen molar-refractivity contribution in [3.8, 4) is 0 Å². The third-order valence-corrected chi connectivity index (χ3v) is 8.52. The lowest BCUT2D eigenvalue weighted by Gasteiger charge is -2.26. The molecule has 2 aliphatic rings. The molecule has 172 valence electrons. The normalized spacial score (nSPS) is 17.9. The molecule has 3 heterocycles. The lowest BCUT2D eigenvalue weighted by atomic mass is 10.3. The minimum absolute atomic E-state index is 0.0427.